The molecule has 0 aromatic rings. The standard InChI is InChI=1S/C71H112O35/c1-25-15-33(43(80)48(85)54(25)102-61-49(86)41(78)31(76)22-94-61)97-55-34(98-63-51(88)46(83)44(81)35(20-72)99-63)16-26(2)96-65(55)106-60(93)28-18-67(3,4)17-27-29-9-10-38-68(5)13-12-39(69(6,24-74)37(68)11-14-70(38,7)71(29,8)19-30(75)40(27)28)101-66-58(105-64-52(89)47(84)45(82)36(21-73)100-64)56(53(90)57(104-66)59(91)92)103-62-50(87)42(79)32(77)23-95-62/h9-10,24-58,61-66,72-73,75-90H,11-23H2,1-8H3,(H,91,92)/t25?,26?,27-,28+,29?,30+,31?,32?,33?,34?,35?,36?,37+,38+,39-,40?,41?,42?,43?,44?,45?,46?,47?,48?,49?,50?,51?,52?,53?,54?,55?,56?,57?,58?,61?,62?,63?,64?,65?,66?,68-,69-,70+,71+/m0/s1. The Hall–Kier alpha value is -2.85. The van der Waals surface area contributed by atoms with E-state index in [2.05, 4.69) is 32.9 Å². The molecule has 35 nitrogen and oxygen atoms in total. The number of carbonyl (C=O) groups excluding carboxylic acids is 2. The molecular formula is C71H112O35. The molecule has 6 aliphatic carbocycles. The van der Waals surface area contributed by atoms with Gasteiger partial charge in [0, 0.05) is 12.3 Å². The van der Waals surface area contributed by atoms with E-state index in [1.807, 2.05) is 13.8 Å². The number of aliphatic carboxylic acids is 1. The molecule has 12 rings (SSSR count). The highest BCUT2D eigenvalue weighted by Gasteiger charge is 2.71. The Labute approximate surface area is 612 Å². The molecule has 0 bridgehead atoms. The lowest BCUT2D eigenvalue weighted by atomic mass is 9.33. The molecule has 606 valence electrons. The van der Waals surface area contributed by atoms with Crippen LogP contribution in [0.5, 0.6) is 0 Å². The van der Waals surface area contributed by atoms with E-state index < -0.39 is 292 Å². The third kappa shape index (κ3) is 14.7. The Bertz CT molecular complexity index is 3060. The van der Waals surface area contributed by atoms with E-state index in [1.165, 1.54) is 0 Å². The summed E-state index contributed by atoms with van der Waals surface area (Å²) < 4.78 is 79.5. The van der Waals surface area contributed by atoms with Gasteiger partial charge in [0.25, 0.3) is 0 Å². The number of aliphatic hydroxyl groups excluding tert-OH is 18. The summed E-state index contributed by atoms with van der Waals surface area (Å²) in [5, 5.41) is 208. The normalized spacial score (nSPS) is 55.3. The van der Waals surface area contributed by atoms with Crippen LogP contribution in [-0.2, 0) is 76.0 Å². The van der Waals surface area contributed by atoms with Gasteiger partial charge in [-0.2, -0.15) is 0 Å². The van der Waals surface area contributed by atoms with Crippen LogP contribution in [0.2, 0.25) is 0 Å². The van der Waals surface area contributed by atoms with Crippen molar-refractivity contribution in [1.29, 1.82) is 0 Å². The van der Waals surface area contributed by atoms with Gasteiger partial charge in [0.15, 0.2) is 37.6 Å². The van der Waals surface area contributed by atoms with Gasteiger partial charge in [-0.25, -0.2) is 4.79 Å². The summed E-state index contributed by atoms with van der Waals surface area (Å²) in [6, 6.07) is 0. The molecule has 19 N–H and O–H groups in total. The summed E-state index contributed by atoms with van der Waals surface area (Å²) >= 11 is 0. The van der Waals surface area contributed by atoms with Crippen LogP contribution in [0.3, 0.4) is 0 Å². The number of aldehydes is 1. The van der Waals surface area contributed by atoms with Crippen molar-refractivity contribution in [3.8, 4) is 0 Å². The smallest absolute Gasteiger partial charge is 0.335 e. The Balaban J connectivity index is 0.803. The number of rotatable bonds is 18. The van der Waals surface area contributed by atoms with Gasteiger partial charge >= 0.3 is 11.9 Å². The van der Waals surface area contributed by atoms with E-state index in [0.717, 1.165) is 6.29 Å². The van der Waals surface area contributed by atoms with Gasteiger partial charge in [0.05, 0.1) is 74.4 Å². The van der Waals surface area contributed by atoms with E-state index in [-0.39, 0.29) is 49.9 Å². The van der Waals surface area contributed by atoms with Crippen LogP contribution in [0, 0.1) is 68.5 Å². The Morgan fingerprint density at radius 2 is 1.07 bits per heavy atom. The van der Waals surface area contributed by atoms with Crippen LogP contribution in [0.1, 0.15) is 113 Å². The first-order valence-corrected chi connectivity index (χ1v) is 37.2. The van der Waals surface area contributed by atoms with Gasteiger partial charge in [0.2, 0.25) is 6.29 Å². The summed E-state index contributed by atoms with van der Waals surface area (Å²) in [5.74, 6) is -6.22. The topological polar surface area (TPSA) is 556 Å². The number of carboxylic acids is 1. The zero-order valence-electron chi connectivity index (χ0n) is 60.5. The maximum absolute atomic E-state index is 15.6. The SMILES string of the molecule is CC1CC(OC2OC(CO)C(O)C(O)C2O)C(OC2CC(C)C(OC3OCC(O)C(O)C3O)C(O)C2O)C(OC(=O)[C@@H]2CC(C)(C)C[C@@H]3C2[C@H](O)C[C@]2(C)C3C=C[C@@H]3[C@@]4(C)CC[C@H](OC5OC(C(=O)O)C(O)C(OC6OCC(O)C(O)C6O)C5OC5OC(CO)C(O)C(O)C5O)[C@@](C)(C=O)[C@@H]4CC[C@]32C)O1. The number of hydrogen-bond donors (Lipinski definition) is 19. The number of esters is 1. The Kier molecular flexibility index (Phi) is 24.5. The summed E-state index contributed by atoms with van der Waals surface area (Å²) in [7, 11) is 0. The van der Waals surface area contributed by atoms with Gasteiger partial charge in [-0.05, 0) is 110 Å². The fourth-order valence-electron chi connectivity index (χ4n) is 21.0. The van der Waals surface area contributed by atoms with Crippen LogP contribution < -0.4 is 0 Å². The van der Waals surface area contributed by atoms with Crippen LogP contribution >= 0.6 is 0 Å². The number of hydrogen-bond acceptors (Lipinski definition) is 34. The van der Waals surface area contributed by atoms with E-state index >= 15 is 4.79 Å². The Morgan fingerprint density at radius 1 is 0.500 bits per heavy atom. The number of ether oxygens (including phenoxy) is 13. The van der Waals surface area contributed by atoms with Crippen LogP contribution in [0.25, 0.3) is 0 Å². The third-order valence-corrected chi connectivity index (χ3v) is 26.9. The molecule has 0 aromatic carbocycles. The summed E-state index contributed by atoms with van der Waals surface area (Å²) in [6.45, 7) is 12.9. The fourth-order valence-corrected chi connectivity index (χ4v) is 21.0. The second-order valence-corrected chi connectivity index (χ2v) is 34.1. The molecule has 6 saturated heterocycles. The molecule has 34 unspecified atom stereocenters. The van der Waals surface area contributed by atoms with Crippen molar-refractivity contribution in [2.45, 2.75) is 316 Å². The maximum Gasteiger partial charge on any atom is 0.335 e. The molecule has 0 spiro atoms. The summed E-state index contributed by atoms with van der Waals surface area (Å²) in [6.07, 6.45) is -48.0. The molecule has 6 aliphatic heterocycles. The highest BCUT2D eigenvalue weighted by atomic mass is 16.8. The molecule has 44 atom stereocenters. The summed E-state index contributed by atoms with van der Waals surface area (Å²) in [4.78, 5) is 42.8. The van der Waals surface area contributed by atoms with Gasteiger partial charge in [-0.15, -0.1) is 0 Å². The number of carboxylic acid groups (broad SMARTS) is 1. The second-order valence-electron chi connectivity index (χ2n) is 34.1. The molecule has 0 amide bonds. The van der Waals surface area contributed by atoms with Gasteiger partial charge in [0.1, 0.15) is 128 Å². The van der Waals surface area contributed by atoms with E-state index in [0.29, 0.717) is 25.7 Å². The minimum Gasteiger partial charge on any atom is -0.479 e. The van der Waals surface area contributed by atoms with Crippen LogP contribution in [0.4, 0.5) is 0 Å². The van der Waals surface area contributed by atoms with E-state index in [4.69, 9.17) is 61.6 Å². The zero-order valence-corrected chi connectivity index (χ0v) is 60.5. The van der Waals surface area contributed by atoms with Gasteiger partial charge in [-0.1, -0.05) is 60.6 Å². The number of aliphatic hydroxyl groups is 18. The van der Waals surface area contributed by atoms with Crippen LogP contribution in [-0.4, -0.2) is 344 Å². The molecule has 35 heteroatoms. The number of allylic oxidation sites excluding steroid dienone is 2. The van der Waals surface area contributed by atoms with Crippen LogP contribution in [0.15, 0.2) is 12.2 Å². The lowest BCUT2D eigenvalue weighted by Crippen LogP contribution is -2.69. The fraction of sp³-hybridized carbons (Fsp3) is 0.930. The first-order chi connectivity index (χ1) is 49.8. The molecule has 5 saturated carbocycles. The highest BCUT2D eigenvalue weighted by molar-refractivity contribution is 5.74. The van der Waals surface area contributed by atoms with Crippen molar-refractivity contribution in [3.05, 3.63) is 12.2 Å². The van der Waals surface area contributed by atoms with Crippen molar-refractivity contribution >= 4 is 18.2 Å². The maximum atomic E-state index is 15.6. The predicted molar refractivity (Wildman–Crippen MR) is 350 cm³/mol. The quantitative estimate of drug-likeness (QED) is 0.0263. The largest absolute Gasteiger partial charge is 0.479 e. The molecular weight excluding hydrogens is 1410 g/mol. The van der Waals surface area contributed by atoms with Crippen molar-refractivity contribution < 1.29 is 173 Å². The molecule has 106 heavy (non-hydrogen) atoms. The second kappa shape index (κ2) is 31.5. The number of carbonyl (C=O) groups is 3. The third-order valence-electron chi connectivity index (χ3n) is 26.9. The highest BCUT2D eigenvalue weighted by Crippen LogP contribution is 2.75. The average Bonchev–Trinajstić information content (AvgIpc) is 0.675. The van der Waals surface area contributed by atoms with E-state index in [1.54, 1.807) is 20.8 Å². The van der Waals surface area contributed by atoms with Crippen molar-refractivity contribution in [2.75, 3.05) is 26.4 Å². The minimum atomic E-state index is -2.22. The lowest BCUT2D eigenvalue weighted by Gasteiger charge is -2.71. The first kappa shape index (κ1) is 82.6. The molecule has 0 aromatic heterocycles. The molecule has 12 aliphatic rings. The minimum absolute atomic E-state index is 0.0505. The summed E-state index contributed by atoms with van der Waals surface area (Å²) in [5.41, 5.74) is -3.99. The van der Waals surface area contributed by atoms with E-state index in [9.17, 15) is 107 Å². The monoisotopic (exact) mass is 1520 g/mol. The van der Waals surface area contributed by atoms with Gasteiger partial charge < -0.3 is 163 Å². The lowest BCUT2D eigenvalue weighted by molar-refractivity contribution is -0.391. The first-order valence-electron chi connectivity index (χ1n) is 37.2. The van der Waals surface area contributed by atoms with Gasteiger partial charge in [-0.3, -0.25) is 4.79 Å². The Morgan fingerprint density at radius 3 is 1.64 bits per heavy atom. The zero-order chi connectivity index (χ0) is 77.3. The predicted octanol–water partition coefficient (Wildman–Crippen LogP) is -5.58. The molecule has 6 heterocycles. The molecule has 11 fully saturated rings. The van der Waals surface area contributed by atoms with Crippen molar-refractivity contribution in [3.63, 3.8) is 0 Å². The molecule has 0 radical (unpaired) electrons. The van der Waals surface area contributed by atoms with Crippen molar-refractivity contribution in [1.82, 2.24) is 0 Å². The number of fused-ring (bicyclic) bond motifs is 7. The average molecular weight is 1530 g/mol. The van der Waals surface area contributed by atoms with Crippen molar-refractivity contribution in [2.24, 2.45) is 68.5 Å².